The van der Waals surface area contributed by atoms with Gasteiger partial charge in [-0.3, -0.25) is 4.79 Å². The van der Waals surface area contributed by atoms with Gasteiger partial charge in [0.1, 0.15) is 5.56 Å². The van der Waals surface area contributed by atoms with Gasteiger partial charge in [0, 0.05) is 18.4 Å². The number of allylic oxidation sites excluding steroid dienone is 2. The fourth-order valence-electron chi connectivity index (χ4n) is 3.61. The zero-order valence-corrected chi connectivity index (χ0v) is 22.9. The van der Waals surface area contributed by atoms with Gasteiger partial charge in [0.05, 0.1) is 15.8 Å². The molecule has 0 saturated heterocycles. The molecule has 0 fully saturated rings. The predicted octanol–water partition coefficient (Wildman–Crippen LogP) is 4.47. The Morgan fingerprint density at radius 3 is 2.12 bits per heavy atom. The molecule has 1 aromatic carbocycles. The number of hydrogen-bond acceptors (Lipinski definition) is 7. The molecule has 0 aliphatic carbocycles. The molecule has 188 valence electrons. The summed E-state index contributed by atoms with van der Waals surface area (Å²) in [5.74, 6) is -0.607. The lowest BCUT2D eigenvalue weighted by Crippen LogP contribution is -2.24. The highest BCUT2D eigenvalue weighted by molar-refractivity contribution is 7.90. The Balaban J connectivity index is 2.83. The van der Waals surface area contributed by atoms with Gasteiger partial charge >= 0.3 is 10.1 Å². The molecule has 0 aliphatic rings. The maximum atomic E-state index is 13.8. The van der Waals surface area contributed by atoms with Crippen molar-refractivity contribution >= 4 is 31.3 Å². The Labute approximate surface area is 203 Å². The van der Waals surface area contributed by atoms with Crippen molar-refractivity contribution in [1.82, 2.24) is 9.78 Å². The van der Waals surface area contributed by atoms with Crippen molar-refractivity contribution in [3.8, 4) is 5.88 Å². The van der Waals surface area contributed by atoms with E-state index >= 15 is 0 Å². The van der Waals surface area contributed by atoms with Crippen LogP contribution in [0.3, 0.4) is 0 Å². The third-order valence-corrected chi connectivity index (χ3v) is 8.91. The maximum absolute atomic E-state index is 13.8. The van der Waals surface area contributed by atoms with E-state index in [0.29, 0.717) is 29.8 Å². The van der Waals surface area contributed by atoms with Crippen LogP contribution in [0, 0.1) is 13.8 Å². The molecule has 34 heavy (non-hydrogen) atoms. The number of benzene rings is 1. The molecule has 0 amide bonds. The maximum Gasteiger partial charge on any atom is 0.313 e. The first kappa shape index (κ1) is 27.8. The molecule has 1 heterocycles. The van der Waals surface area contributed by atoms with Crippen LogP contribution in [0.2, 0.25) is 0 Å². The third-order valence-electron chi connectivity index (χ3n) is 6.07. The molecular weight excluding hydrogens is 476 g/mol. The van der Waals surface area contributed by atoms with Gasteiger partial charge in [0.25, 0.3) is 0 Å². The SMILES string of the molecule is CCC(C)S(=O)(=O)Oc1c(C(=O)c2ccc(S(C)(=O)=O)c(C(C)=C(C)C)c2C)c(C)nn1CC. The third kappa shape index (κ3) is 5.27. The zero-order chi connectivity index (χ0) is 26.2. The summed E-state index contributed by atoms with van der Waals surface area (Å²) >= 11 is 0. The molecule has 1 aromatic heterocycles. The summed E-state index contributed by atoms with van der Waals surface area (Å²) in [5.41, 5.74) is 3.26. The van der Waals surface area contributed by atoms with Crippen LogP contribution >= 0.6 is 0 Å². The summed E-state index contributed by atoms with van der Waals surface area (Å²) in [6.45, 7) is 14.2. The molecule has 2 rings (SSSR count). The van der Waals surface area contributed by atoms with Crippen molar-refractivity contribution in [3.05, 3.63) is 45.7 Å². The minimum atomic E-state index is -3.99. The van der Waals surface area contributed by atoms with Gasteiger partial charge in [-0.2, -0.15) is 13.5 Å². The fraction of sp³-hybridized carbons (Fsp3) is 0.500. The molecule has 0 saturated carbocycles. The molecule has 1 atom stereocenters. The van der Waals surface area contributed by atoms with E-state index in [1.165, 1.54) is 16.8 Å². The van der Waals surface area contributed by atoms with Crippen LogP contribution in [0.4, 0.5) is 0 Å². The molecule has 0 N–H and O–H groups in total. The van der Waals surface area contributed by atoms with Crippen LogP contribution in [0.1, 0.15) is 80.7 Å². The first-order valence-electron chi connectivity index (χ1n) is 11.1. The Morgan fingerprint density at radius 1 is 1.06 bits per heavy atom. The molecular formula is C24H34N2O6S2. The van der Waals surface area contributed by atoms with E-state index in [0.717, 1.165) is 17.4 Å². The smallest absolute Gasteiger partial charge is 0.313 e. The Hall–Kier alpha value is -2.46. The predicted molar refractivity (Wildman–Crippen MR) is 134 cm³/mol. The number of aryl methyl sites for hydroxylation is 2. The Bertz CT molecular complexity index is 1360. The number of sulfone groups is 1. The minimum absolute atomic E-state index is 0.0461. The van der Waals surface area contributed by atoms with Crippen LogP contribution in [0.25, 0.3) is 5.57 Å². The van der Waals surface area contributed by atoms with Gasteiger partial charge in [0.15, 0.2) is 9.84 Å². The topological polar surface area (TPSA) is 112 Å². The summed E-state index contributed by atoms with van der Waals surface area (Å²) in [4.78, 5) is 13.9. The van der Waals surface area contributed by atoms with Crippen molar-refractivity contribution < 1.29 is 25.8 Å². The highest BCUT2D eigenvalue weighted by atomic mass is 32.2. The highest BCUT2D eigenvalue weighted by Gasteiger charge is 2.31. The standard InChI is InChI=1S/C24H34N2O6S2/c1-10-15(5)34(30,31)32-24-22(18(8)25-26(24)11-2)23(27)19-12-13-20(33(9,28)29)21(17(19)7)16(6)14(3)4/h12-13,15H,10-11H2,1-9H3. The van der Waals surface area contributed by atoms with Gasteiger partial charge in [-0.15, -0.1) is 0 Å². The summed E-state index contributed by atoms with van der Waals surface area (Å²) < 4.78 is 57.2. The van der Waals surface area contributed by atoms with E-state index in [9.17, 15) is 21.6 Å². The highest BCUT2D eigenvalue weighted by Crippen LogP contribution is 2.34. The summed E-state index contributed by atoms with van der Waals surface area (Å²) in [6, 6.07) is 2.89. The van der Waals surface area contributed by atoms with Gasteiger partial charge in [-0.25, -0.2) is 13.1 Å². The second-order valence-corrected chi connectivity index (χ2v) is 12.7. The molecule has 10 heteroatoms. The van der Waals surface area contributed by atoms with Gasteiger partial charge < -0.3 is 4.18 Å². The van der Waals surface area contributed by atoms with Crippen LogP contribution in [-0.4, -0.2) is 43.9 Å². The van der Waals surface area contributed by atoms with E-state index in [1.807, 2.05) is 20.8 Å². The number of nitrogens with zero attached hydrogens (tertiary/aromatic N) is 2. The number of aromatic nitrogens is 2. The number of carbonyl (C=O) groups excluding carboxylic acids is 1. The number of hydrogen-bond donors (Lipinski definition) is 0. The van der Waals surface area contributed by atoms with Crippen LogP contribution in [0.5, 0.6) is 5.88 Å². The van der Waals surface area contributed by atoms with Crippen molar-refractivity contribution in [2.45, 2.75) is 78.5 Å². The molecule has 0 radical (unpaired) electrons. The van der Waals surface area contributed by atoms with Gasteiger partial charge in [-0.05, 0) is 83.7 Å². The first-order valence-corrected chi connectivity index (χ1v) is 14.5. The minimum Gasteiger partial charge on any atom is -0.361 e. The van der Waals surface area contributed by atoms with Crippen molar-refractivity contribution in [2.75, 3.05) is 6.26 Å². The summed E-state index contributed by atoms with van der Waals surface area (Å²) in [6.07, 6.45) is 1.48. The average molecular weight is 511 g/mol. The van der Waals surface area contributed by atoms with Crippen LogP contribution in [0.15, 0.2) is 22.6 Å². The number of ketones is 1. The normalized spacial score (nSPS) is 13.0. The lowest BCUT2D eigenvalue weighted by molar-refractivity contribution is 0.103. The van der Waals surface area contributed by atoms with E-state index in [-0.39, 0.29) is 21.9 Å². The largest absolute Gasteiger partial charge is 0.361 e. The van der Waals surface area contributed by atoms with Crippen molar-refractivity contribution in [2.24, 2.45) is 0 Å². The number of carbonyl (C=O) groups is 1. The van der Waals surface area contributed by atoms with Gasteiger partial charge in [0.2, 0.25) is 11.7 Å². The molecule has 0 spiro atoms. The second kappa shape index (κ2) is 10.0. The molecule has 1 unspecified atom stereocenters. The summed E-state index contributed by atoms with van der Waals surface area (Å²) in [7, 11) is -7.55. The molecule has 8 nitrogen and oxygen atoms in total. The molecule has 0 bridgehead atoms. The van der Waals surface area contributed by atoms with Crippen LogP contribution < -0.4 is 4.18 Å². The van der Waals surface area contributed by atoms with Gasteiger partial charge in [-0.1, -0.05) is 12.5 Å². The van der Waals surface area contributed by atoms with E-state index in [4.69, 9.17) is 4.18 Å². The van der Waals surface area contributed by atoms with Crippen LogP contribution in [-0.2, 0) is 26.5 Å². The van der Waals surface area contributed by atoms with Crippen molar-refractivity contribution in [3.63, 3.8) is 0 Å². The van der Waals surface area contributed by atoms with Crippen molar-refractivity contribution in [1.29, 1.82) is 0 Å². The van der Waals surface area contributed by atoms with E-state index in [1.54, 1.807) is 34.6 Å². The zero-order valence-electron chi connectivity index (χ0n) is 21.3. The lowest BCUT2D eigenvalue weighted by Gasteiger charge is -2.18. The Kier molecular flexibility index (Phi) is 8.20. The van der Waals surface area contributed by atoms with E-state index < -0.39 is 31.0 Å². The Morgan fingerprint density at radius 2 is 1.65 bits per heavy atom. The van der Waals surface area contributed by atoms with E-state index in [2.05, 4.69) is 5.10 Å². The summed E-state index contributed by atoms with van der Waals surface area (Å²) in [5, 5.41) is 3.55. The quantitative estimate of drug-likeness (QED) is 0.361. The number of rotatable bonds is 9. The monoisotopic (exact) mass is 510 g/mol. The molecule has 2 aromatic rings. The molecule has 0 aliphatic heterocycles. The second-order valence-electron chi connectivity index (χ2n) is 8.71. The average Bonchev–Trinajstić information content (AvgIpc) is 3.05. The fourth-order valence-corrected chi connectivity index (χ4v) is 5.56. The lowest BCUT2D eigenvalue weighted by atomic mass is 9.91. The first-order chi connectivity index (χ1) is 15.6.